The van der Waals surface area contributed by atoms with Gasteiger partial charge in [-0.1, -0.05) is 39.0 Å². The highest BCUT2D eigenvalue weighted by molar-refractivity contribution is 5.97. The van der Waals surface area contributed by atoms with E-state index in [1.807, 2.05) is 43.3 Å². The van der Waals surface area contributed by atoms with Gasteiger partial charge in [0.15, 0.2) is 0 Å². The molecule has 1 saturated heterocycles. The van der Waals surface area contributed by atoms with E-state index < -0.39 is 0 Å². The zero-order valence-electron chi connectivity index (χ0n) is 16.1. The maximum absolute atomic E-state index is 12.7. The van der Waals surface area contributed by atoms with Gasteiger partial charge in [-0.2, -0.15) is 0 Å². The van der Waals surface area contributed by atoms with Gasteiger partial charge in [-0.05, 0) is 44.1 Å². The van der Waals surface area contributed by atoms with Crippen molar-refractivity contribution in [1.29, 1.82) is 0 Å². The summed E-state index contributed by atoms with van der Waals surface area (Å²) >= 11 is 0. The van der Waals surface area contributed by atoms with Crippen LogP contribution in [0.4, 0.5) is 5.69 Å². The van der Waals surface area contributed by atoms with Crippen LogP contribution in [-0.2, 0) is 15.0 Å². The van der Waals surface area contributed by atoms with Crippen LogP contribution in [0.1, 0.15) is 39.2 Å². The molecule has 1 unspecified atom stereocenters. The number of benzene rings is 1. The van der Waals surface area contributed by atoms with Gasteiger partial charge in [-0.25, -0.2) is 0 Å². The molecule has 25 heavy (non-hydrogen) atoms. The van der Waals surface area contributed by atoms with Gasteiger partial charge in [0.05, 0.1) is 5.92 Å². The highest BCUT2D eigenvalue weighted by atomic mass is 16.2. The van der Waals surface area contributed by atoms with Crippen LogP contribution in [0.3, 0.4) is 0 Å². The highest BCUT2D eigenvalue weighted by Gasteiger charge is 2.34. The van der Waals surface area contributed by atoms with Crippen molar-refractivity contribution < 1.29 is 9.59 Å². The van der Waals surface area contributed by atoms with Crippen LogP contribution in [-0.4, -0.2) is 55.3 Å². The molecule has 0 spiro atoms. The second kappa shape index (κ2) is 8.00. The second-order valence-corrected chi connectivity index (χ2v) is 8.18. The van der Waals surface area contributed by atoms with Crippen molar-refractivity contribution in [3.63, 3.8) is 0 Å². The van der Waals surface area contributed by atoms with Gasteiger partial charge < -0.3 is 15.1 Å². The minimum atomic E-state index is -0.264. The van der Waals surface area contributed by atoms with Gasteiger partial charge in [0.1, 0.15) is 0 Å². The van der Waals surface area contributed by atoms with Crippen LogP contribution in [0.2, 0.25) is 0 Å². The van der Waals surface area contributed by atoms with Crippen LogP contribution in [0.15, 0.2) is 24.3 Å². The Morgan fingerprint density at radius 2 is 1.96 bits per heavy atom. The molecule has 1 aliphatic rings. The van der Waals surface area contributed by atoms with Crippen molar-refractivity contribution in [2.24, 2.45) is 5.92 Å². The fourth-order valence-corrected chi connectivity index (χ4v) is 3.22. The summed E-state index contributed by atoms with van der Waals surface area (Å²) < 4.78 is 0. The predicted molar refractivity (Wildman–Crippen MR) is 102 cm³/mol. The molecule has 1 fully saturated rings. The maximum atomic E-state index is 12.7. The molecular weight excluding hydrogens is 314 g/mol. The molecule has 1 aromatic rings. The number of rotatable bonds is 6. The molecule has 5 nitrogen and oxygen atoms in total. The van der Waals surface area contributed by atoms with Gasteiger partial charge in [0.2, 0.25) is 11.8 Å². The molecule has 1 heterocycles. The second-order valence-electron chi connectivity index (χ2n) is 8.18. The molecule has 5 heteroatoms. The third-order valence-corrected chi connectivity index (χ3v) is 4.61. The largest absolute Gasteiger partial charge is 0.342 e. The Bertz CT molecular complexity index is 620. The lowest BCUT2D eigenvalue weighted by Gasteiger charge is -2.23. The molecule has 1 aliphatic heterocycles. The Hall–Kier alpha value is -1.88. The Labute approximate surface area is 151 Å². The average molecular weight is 345 g/mol. The van der Waals surface area contributed by atoms with Crippen LogP contribution in [0.5, 0.6) is 0 Å². The Balaban J connectivity index is 1.98. The number of nitrogens with zero attached hydrogens (tertiary/aromatic N) is 2. The van der Waals surface area contributed by atoms with Gasteiger partial charge in [-0.3, -0.25) is 9.59 Å². The predicted octanol–water partition coefficient (Wildman–Crippen LogP) is 2.72. The normalized spacial score (nSPS) is 18.1. The van der Waals surface area contributed by atoms with E-state index in [-0.39, 0.29) is 23.1 Å². The molecule has 1 N–H and O–H groups in total. The van der Waals surface area contributed by atoms with E-state index in [2.05, 4.69) is 31.0 Å². The number of amides is 2. The number of carbonyl (C=O) groups excluding carboxylic acids is 2. The van der Waals surface area contributed by atoms with E-state index >= 15 is 0 Å². The Morgan fingerprint density at radius 1 is 1.28 bits per heavy atom. The first-order valence-corrected chi connectivity index (χ1v) is 9.01. The molecule has 0 aliphatic carbocycles. The number of anilines is 1. The molecule has 0 aromatic heterocycles. The van der Waals surface area contributed by atoms with Crippen LogP contribution in [0, 0.1) is 5.92 Å². The smallest absolute Gasteiger partial charge is 0.229 e. The monoisotopic (exact) mass is 345 g/mol. The van der Waals surface area contributed by atoms with E-state index in [1.165, 1.54) is 0 Å². The summed E-state index contributed by atoms with van der Waals surface area (Å²) in [6.07, 6.45) is 1.24. The van der Waals surface area contributed by atoms with Crippen molar-refractivity contribution in [3.05, 3.63) is 29.8 Å². The molecule has 138 valence electrons. The van der Waals surface area contributed by atoms with Gasteiger partial charge >= 0.3 is 0 Å². The number of hydrogen-bond acceptors (Lipinski definition) is 3. The van der Waals surface area contributed by atoms with E-state index in [9.17, 15) is 9.59 Å². The van der Waals surface area contributed by atoms with Crippen molar-refractivity contribution in [2.45, 2.75) is 39.0 Å². The SMILES string of the molecule is CN(C)CCCN1CC(C(=O)Nc2ccccc2C(C)(C)C)CC1=O. The fourth-order valence-electron chi connectivity index (χ4n) is 3.22. The van der Waals surface area contributed by atoms with Gasteiger partial charge in [0, 0.05) is 25.2 Å². The lowest BCUT2D eigenvalue weighted by Crippen LogP contribution is -2.31. The van der Waals surface area contributed by atoms with Crippen LogP contribution in [0.25, 0.3) is 0 Å². The summed E-state index contributed by atoms with van der Waals surface area (Å²) in [6, 6.07) is 7.90. The summed E-state index contributed by atoms with van der Waals surface area (Å²) in [5.74, 6) is -0.233. The summed E-state index contributed by atoms with van der Waals surface area (Å²) in [5, 5.41) is 3.05. The zero-order valence-corrected chi connectivity index (χ0v) is 16.1. The molecule has 1 atom stereocenters. The van der Waals surface area contributed by atoms with E-state index in [0.717, 1.165) is 30.8 Å². The third kappa shape index (κ3) is 5.30. The van der Waals surface area contributed by atoms with Crippen LogP contribution < -0.4 is 5.32 Å². The molecule has 1 aromatic carbocycles. The molecule has 2 amide bonds. The average Bonchev–Trinajstić information content (AvgIpc) is 2.88. The molecule has 0 bridgehead atoms. The number of likely N-dealkylation sites (tertiary alicyclic amines) is 1. The van der Waals surface area contributed by atoms with Crippen molar-refractivity contribution >= 4 is 17.5 Å². The van der Waals surface area contributed by atoms with Crippen LogP contribution >= 0.6 is 0 Å². The quantitative estimate of drug-likeness (QED) is 0.862. The minimum Gasteiger partial charge on any atom is -0.342 e. The maximum Gasteiger partial charge on any atom is 0.229 e. The summed E-state index contributed by atoms with van der Waals surface area (Å²) in [5.41, 5.74) is 1.90. The van der Waals surface area contributed by atoms with Gasteiger partial charge in [-0.15, -0.1) is 0 Å². The highest BCUT2D eigenvalue weighted by Crippen LogP contribution is 2.30. The molecule has 0 saturated carbocycles. The summed E-state index contributed by atoms with van der Waals surface area (Å²) in [6.45, 7) is 8.57. The standard InChI is InChI=1S/C20H31N3O2/c1-20(2,3)16-9-6-7-10-17(16)21-19(25)15-13-18(24)23(14-15)12-8-11-22(4)5/h6-7,9-10,15H,8,11-14H2,1-5H3,(H,21,25). The number of hydrogen-bond donors (Lipinski definition) is 1. The lowest BCUT2D eigenvalue weighted by molar-refractivity contribution is -0.128. The van der Waals surface area contributed by atoms with Gasteiger partial charge in [0.25, 0.3) is 0 Å². The lowest BCUT2D eigenvalue weighted by atomic mass is 9.85. The minimum absolute atomic E-state index is 0.0480. The first-order chi connectivity index (χ1) is 11.7. The van der Waals surface area contributed by atoms with Crippen molar-refractivity contribution in [1.82, 2.24) is 9.80 Å². The van der Waals surface area contributed by atoms with E-state index in [0.29, 0.717) is 13.0 Å². The summed E-state index contributed by atoms with van der Waals surface area (Å²) in [4.78, 5) is 28.8. The number of para-hydroxylation sites is 1. The Morgan fingerprint density at radius 3 is 2.60 bits per heavy atom. The zero-order chi connectivity index (χ0) is 18.6. The van der Waals surface area contributed by atoms with Crippen molar-refractivity contribution in [3.8, 4) is 0 Å². The van der Waals surface area contributed by atoms with E-state index in [4.69, 9.17) is 0 Å². The number of carbonyl (C=O) groups is 2. The molecular formula is C20H31N3O2. The number of nitrogens with one attached hydrogen (secondary N) is 1. The van der Waals surface area contributed by atoms with E-state index in [1.54, 1.807) is 0 Å². The third-order valence-electron chi connectivity index (χ3n) is 4.61. The van der Waals surface area contributed by atoms with Crippen molar-refractivity contribution in [2.75, 3.05) is 39.0 Å². The Kier molecular flexibility index (Phi) is 6.22. The molecule has 2 rings (SSSR count). The topological polar surface area (TPSA) is 52.6 Å². The summed E-state index contributed by atoms with van der Waals surface area (Å²) in [7, 11) is 4.05. The fraction of sp³-hybridized carbons (Fsp3) is 0.600. The first-order valence-electron chi connectivity index (χ1n) is 9.01. The molecule has 0 radical (unpaired) electrons. The first kappa shape index (κ1) is 19.4.